The second-order valence-corrected chi connectivity index (χ2v) is 5.26. The standard InChI is InChI=1S/C13H25N3/c1-9(2)7-10(3)14-11(4)13-8-16(6)15-12(13)5/h8-11,14H,7H2,1-6H3. The Balaban J connectivity index is 2.58. The summed E-state index contributed by atoms with van der Waals surface area (Å²) < 4.78 is 1.88. The van der Waals surface area contributed by atoms with Crippen molar-refractivity contribution in [3.63, 3.8) is 0 Å². The van der Waals surface area contributed by atoms with Crippen LogP contribution in [0.2, 0.25) is 0 Å². The highest BCUT2D eigenvalue weighted by Gasteiger charge is 2.14. The number of hydrogen-bond acceptors (Lipinski definition) is 2. The largest absolute Gasteiger partial charge is 0.308 e. The van der Waals surface area contributed by atoms with Crippen LogP contribution in [0.3, 0.4) is 0 Å². The van der Waals surface area contributed by atoms with Crippen LogP contribution < -0.4 is 5.32 Å². The fraction of sp³-hybridized carbons (Fsp3) is 0.769. The second kappa shape index (κ2) is 5.48. The molecule has 0 saturated carbocycles. The van der Waals surface area contributed by atoms with Gasteiger partial charge in [-0.1, -0.05) is 13.8 Å². The summed E-state index contributed by atoms with van der Waals surface area (Å²) in [6, 6.07) is 0.928. The van der Waals surface area contributed by atoms with Gasteiger partial charge in [-0.15, -0.1) is 0 Å². The van der Waals surface area contributed by atoms with Crippen LogP contribution in [0.1, 0.15) is 51.4 Å². The molecule has 0 aliphatic carbocycles. The molecule has 0 aliphatic heterocycles. The lowest BCUT2D eigenvalue weighted by Crippen LogP contribution is -2.30. The van der Waals surface area contributed by atoms with Crippen molar-refractivity contribution < 1.29 is 0 Å². The molecule has 1 N–H and O–H groups in total. The Kier molecular flexibility index (Phi) is 4.54. The van der Waals surface area contributed by atoms with Gasteiger partial charge in [-0.3, -0.25) is 4.68 Å². The highest BCUT2D eigenvalue weighted by Crippen LogP contribution is 2.17. The summed E-state index contributed by atoms with van der Waals surface area (Å²) in [7, 11) is 1.97. The van der Waals surface area contributed by atoms with Crippen molar-refractivity contribution in [3.8, 4) is 0 Å². The molecular weight excluding hydrogens is 198 g/mol. The van der Waals surface area contributed by atoms with E-state index in [0.717, 1.165) is 11.6 Å². The van der Waals surface area contributed by atoms with E-state index in [4.69, 9.17) is 0 Å². The average molecular weight is 223 g/mol. The number of nitrogens with zero attached hydrogens (tertiary/aromatic N) is 2. The van der Waals surface area contributed by atoms with Crippen LogP contribution in [0.4, 0.5) is 0 Å². The van der Waals surface area contributed by atoms with E-state index in [2.05, 4.69) is 51.2 Å². The lowest BCUT2D eigenvalue weighted by molar-refractivity contribution is 0.406. The Morgan fingerprint density at radius 2 is 1.94 bits per heavy atom. The molecule has 0 spiro atoms. The van der Waals surface area contributed by atoms with Gasteiger partial charge in [0.2, 0.25) is 0 Å². The van der Waals surface area contributed by atoms with Crippen LogP contribution in [-0.4, -0.2) is 15.8 Å². The van der Waals surface area contributed by atoms with Gasteiger partial charge in [-0.05, 0) is 33.1 Å². The van der Waals surface area contributed by atoms with E-state index >= 15 is 0 Å². The molecule has 0 saturated heterocycles. The molecule has 0 aliphatic rings. The topological polar surface area (TPSA) is 29.9 Å². The second-order valence-electron chi connectivity index (χ2n) is 5.26. The molecule has 1 aromatic heterocycles. The first-order valence-electron chi connectivity index (χ1n) is 6.16. The van der Waals surface area contributed by atoms with Crippen molar-refractivity contribution in [2.45, 2.75) is 53.1 Å². The third kappa shape index (κ3) is 3.63. The summed E-state index contributed by atoms with van der Waals surface area (Å²) in [5.41, 5.74) is 2.43. The van der Waals surface area contributed by atoms with Crippen LogP contribution in [0.5, 0.6) is 0 Å². The third-order valence-corrected chi connectivity index (χ3v) is 2.88. The minimum atomic E-state index is 0.377. The third-order valence-electron chi connectivity index (χ3n) is 2.88. The summed E-state index contributed by atoms with van der Waals surface area (Å²) in [4.78, 5) is 0. The van der Waals surface area contributed by atoms with Gasteiger partial charge in [-0.25, -0.2) is 0 Å². The maximum atomic E-state index is 4.38. The van der Waals surface area contributed by atoms with Gasteiger partial charge in [0, 0.05) is 30.9 Å². The fourth-order valence-corrected chi connectivity index (χ4v) is 2.33. The van der Waals surface area contributed by atoms with Crippen molar-refractivity contribution in [3.05, 3.63) is 17.5 Å². The van der Waals surface area contributed by atoms with Crippen molar-refractivity contribution in [2.24, 2.45) is 13.0 Å². The number of nitrogens with one attached hydrogen (secondary N) is 1. The molecule has 16 heavy (non-hydrogen) atoms. The van der Waals surface area contributed by atoms with E-state index in [1.54, 1.807) is 0 Å². The van der Waals surface area contributed by atoms with Gasteiger partial charge in [-0.2, -0.15) is 5.10 Å². The molecule has 0 fully saturated rings. The number of aromatic nitrogens is 2. The molecule has 1 aromatic rings. The van der Waals surface area contributed by atoms with E-state index in [1.807, 2.05) is 11.7 Å². The van der Waals surface area contributed by atoms with Crippen LogP contribution >= 0.6 is 0 Å². The van der Waals surface area contributed by atoms with Gasteiger partial charge in [0.25, 0.3) is 0 Å². The summed E-state index contributed by atoms with van der Waals surface area (Å²) in [5.74, 6) is 0.740. The molecule has 92 valence electrons. The van der Waals surface area contributed by atoms with E-state index in [-0.39, 0.29) is 0 Å². The first-order chi connectivity index (χ1) is 7.40. The minimum absolute atomic E-state index is 0.377. The van der Waals surface area contributed by atoms with Gasteiger partial charge >= 0.3 is 0 Å². The highest BCUT2D eigenvalue weighted by atomic mass is 15.3. The zero-order valence-corrected chi connectivity index (χ0v) is 11.4. The maximum absolute atomic E-state index is 4.38. The Labute approximate surface area is 99.2 Å². The normalized spacial score (nSPS) is 15.4. The van der Waals surface area contributed by atoms with Gasteiger partial charge < -0.3 is 5.32 Å². The van der Waals surface area contributed by atoms with Gasteiger partial charge in [0.15, 0.2) is 0 Å². The molecule has 2 atom stereocenters. The van der Waals surface area contributed by atoms with Crippen LogP contribution in [-0.2, 0) is 7.05 Å². The lowest BCUT2D eigenvalue weighted by Gasteiger charge is -2.21. The van der Waals surface area contributed by atoms with Gasteiger partial charge in [0.05, 0.1) is 5.69 Å². The number of hydrogen-bond donors (Lipinski definition) is 1. The van der Waals surface area contributed by atoms with E-state index in [9.17, 15) is 0 Å². The molecule has 1 rings (SSSR count). The maximum Gasteiger partial charge on any atom is 0.0641 e. The molecule has 1 heterocycles. The molecule has 0 aromatic carbocycles. The highest BCUT2D eigenvalue weighted by molar-refractivity contribution is 5.19. The van der Waals surface area contributed by atoms with Crippen molar-refractivity contribution in [1.29, 1.82) is 0 Å². The zero-order chi connectivity index (χ0) is 12.3. The zero-order valence-electron chi connectivity index (χ0n) is 11.4. The Bertz CT molecular complexity index is 328. The first kappa shape index (κ1) is 13.2. The molecule has 0 radical (unpaired) electrons. The summed E-state index contributed by atoms with van der Waals surface area (Å²) in [5, 5.41) is 8.01. The molecule has 3 heteroatoms. The average Bonchev–Trinajstić information content (AvgIpc) is 2.43. The van der Waals surface area contributed by atoms with Crippen molar-refractivity contribution in [2.75, 3.05) is 0 Å². The van der Waals surface area contributed by atoms with E-state index < -0.39 is 0 Å². The van der Waals surface area contributed by atoms with Crippen molar-refractivity contribution >= 4 is 0 Å². The molecular formula is C13H25N3. The van der Waals surface area contributed by atoms with E-state index in [1.165, 1.54) is 12.0 Å². The Hall–Kier alpha value is -0.830. The quantitative estimate of drug-likeness (QED) is 0.832. The predicted molar refractivity (Wildman–Crippen MR) is 68.4 cm³/mol. The monoisotopic (exact) mass is 223 g/mol. The fourth-order valence-electron chi connectivity index (χ4n) is 2.33. The Morgan fingerprint density at radius 3 is 2.38 bits per heavy atom. The van der Waals surface area contributed by atoms with Crippen LogP contribution in [0.15, 0.2) is 6.20 Å². The minimum Gasteiger partial charge on any atom is -0.308 e. The Morgan fingerprint density at radius 1 is 1.31 bits per heavy atom. The predicted octanol–water partition coefficient (Wildman–Crippen LogP) is 2.81. The molecule has 3 nitrogen and oxygen atoms in total. The molecule has 0 bridgehead atoms. The summed E-state index contributed by atoms with van der Waals surface area (Å²) in [6.45, 7) is 11.1. The first-order valence-corrected chi connectivity index (χ1v) is 6.16. The molecule has 0 amide bonds. The summed E-state index contributed by atoms with van der Waals surface area (Å²) in [6.07, 6.45) is 3.32. The summed E-state index contributed by atoms with van der Waals surface area (Å²) >= 11 is 0. The van der Waals surface area contributed by atoms with Gasteiger partial charge in [0.1, 0.15) is 0 Å². The molecule has 2 unspecified atom stereocenters. The van der Waals surface area contributed by atoms with Crippen molar-refractivity contribution in [1.82, 2.24) is 15.1 Å². The number of rotatable bonds is 5. The number of aryl methyl sites for hydroxylation is 2. The lowest BCUT2D eigenvalue weighted by atomic mass is 10.0. The SMILES string of the molecule is Cc1nn(C)cc1C(C)NC(C)CC(C)C. The van der Waals surface area contributed by atoms with Crippen LogP contribution in [0.25, 0.3) is 0 Å². The smallest absolute Gasteiger partial charge is 0.0641 e. The van der Waals surface area contributed by atoms with Crippen LogP contribution in [0, 0.1) is 12.8 Å². The van der Waals surface area contributed by atoms with E-state index in [0.29, 0.717) is 12.1 Å².